The summed E-state index contributed by atoms with van der Waals surface area (Å²) in [5.74, 6) is 0.466. The highest BCUT2D eigenvalue weighted by Crippen LogP contribution is 2.25. The van der Waals surface area contributed by atoms with Gasteiger partial charge in [0.1, 0.15) is 0 Å². The molecule has 1 aromatic heterocycles. The molecule has 0 radical (unpaired) electrons. The van der Waals surface area contributed by atoms with E-state index in [0.717, 1.165) is 5.56 Å². The Labute approximate surface area is 94.2 Å². The molecule has 0 N–H and O–H groups in total. The van der Waals surface area contributed by atoms with Gasteiger partial charge >= 0.3 is 0 Å². The molecule has 0 amide bonds. The lowest BCUT2D eigenvalue weighted by atomic mass is 10.2. The van der Waals surface area contributed by atoms with E-state index in [1.165, 1.54) is 0 Å². The topological polar surface area (TPSA) is 52.0 Å². The predicted molar refractivity (Wildman–Crippen MR) is 58.8 cm³/mol. The largest absolute Gasteiger partial charge is 0.268 e. The van der Waals surface area contributed by atoms with E-state index in [-0.39, 0.29) is 22.9 Å². The van der Waals surface area contributed by atoms with E-state index in [4.69, 9.17) is 11.6 Å². The molecule has 2 unspecified atom stereocenters. The Balaban J connectivity index is 2.17. The molecular formula is C9H13ClN2O2S. The van der Waals surface area contributed by atoms with Gasteiger partial charge in [0.2, 0.25) is 0 Å². The molecular weight excluding hydrogens is 236 g/mol. The van der Waals surface area contributed by atoms with E-state index < -0.39 is 9.84 Å². The molecule has 0 saturated carbocycles. The van der Waals surface area contributed by atoms with Crippen LogP contribution in [0.15, 0.2) is 12.4 Å². The molecule has 0 aliphatic carbocycles. The SMILES string of the molecule is CC(Cl)c1cnn(C2CCS(=O)(=O)C2)c1. The lowest BCUT2D eigenvalue weighted by Gasteiger charge is -2.07. The molecule has 15 heavy (non-hydrogen) atoms. The van der Waals surface area contributed by atoms with Crippen molar-refractivity contribution in [3.8, 4) is 0 Å². The number of aromatic nitrogens is 2. The quantitative estimate of drug-likeness (QED) is 0.746. The average Bonchev–Trinajstić information content (AvgIpc) is 2.70. The Morgan fingerprint density at radius 2 is 2.40 bits per heavy atom. The second kappa shape index (κ2) is 3.79. The first kappa shape index (κ1) is 11.0. The monoisotopic (exact) mass is 248 g/mol. The number of sulfone groups is 1. The van der Waals surface area contributed by atoms with Crippen molar-refractivity contribution in [2.24, 2.45) is 0 Å². The third-order valence-corrected chi connectivity index (χ3v) is 4.67. The summed E-state index contributed by atoms with van der Waals surface area (Å²) in [6, 6.07) is -0.0147. The summed E-state index contributed by atoms with van der Waals surface area (Å²) in [6.07, 6.45) is 4.19. The van der Waals surface area contributed by atoms with Crippen LogP contribution in [0.1, 0.15) is 30.3 Å². The number of rotatable bonds is 2. The third-order valence-electron chi connectivity index (χ3n) is 2.66. The molecule has 84 valence electrons. The van der Waals surface area contributed by atoms with Gasteiger partial charge in [-0.3, -0.25) is 4.68 Å². The van der Waals surface area contributed by atoms with Gasteiger partial charge in [0.25, 0.3) is 0 Å². The summed E-state index contributed by atoms with van der Waals surface area (Å²) in [4.78, 5) is 0. The highest BCUT2D eigenvalue weighted by atomic mass is 35.5. The van der Waals surface area contributed by atoms with Gasteiger partial charge in [0.05, 0.1) is 29.1 Å². The molecule has 1 aromatic rings. The first-order valence-corrected chi connectivity index (χ1v) is 7.12. The van der Waals surface area contributed by atoms with E-state index in [1.54, 1.807) is 10.9 Å². The normalized spacial score (nSPS) is 26.7. The molecule has 6 heteroatoms. The van der Waals surface area contributed by atoms with Crippen molar-refractivity contribution in [1.29, 1.82) is 0 Å². The van der Waals surface area contributed by atoms with Crippen molar-refractivity contribution >= 4 is 21.4 Å². The van der Waals surface area contributed by atoms with Crippen molar-refractivity contribution in [2.45, 2.75) is 24.8 Å². The van der Waals surface area contributed by atoms with E-state index in [2.05, 4.69) is 5.10 Å². The van der Waals surface area contributed by atoms with Gasteiger partial charge in [0.15, 0.2) is 9.84 Å². The Morgan fingerprint density at radius 1 is 1.67 bits per heavy atom. The maximum Gasteiger partial charge on any atom is 0.152 e. The first-order valence-electron chi connectivity index (χ1n) is 4.86. The van der Waals surface area contributed by atoms with Gasteiger partial charge < -0.3 is 0 Å². The van der Waals surface area contributed by atoms with Crippen LogP contribution in [0.25, 0.3) is 0 Å². The fourth-order valence-corrected chi connectivity index (χ4v) is 3.56. The van der Waals surface area contributed by atoms with E-state index in [1.807, 2.05) is 13.1 Å². The number of alkyl halides is 1. The fourth-order valence-electron chi connectivity index (χ4n) is 1.74. The summed E-state index contributed by atoms with van der Waals surface area (Å²) in [5, 5.41) is 4.07. The molecule has 0 aromatic carbocycles. The number of nitrogens with zero attached hydrogens (tertiary/aromatic N) is 2. The van der Waals surface area contributed by atoms with Crippen molar-refractivity contribution in [3.05, 3.63) is 18.0 Å². The van der Waals surface area contributed by atoms with Gasteiger partial charge in [0, 0.05) is 11.8 Å². The summed E-state index contributed by atoms with van der Waals surface area (Å²) in [7, 11) is -2.85. The molecule has 4 nitrogen and oxygen atoms in total. The molecule has 1 aliphatic heterocycles. The molecule has 1 saturated heterocycles. The van der Waals surface area contributed by atoms with Crippen molar-refractivity contribution in [3.63, 3.8) is 0 Å². The molecule has 2 heterocycles. The number of hydrogen-bond donors (Lipinski definition) is 0. The van der Waals surface area contributed by atoms with Crippen molar-refractivity contribution in [1.82, 2.24) is 9.78 Å². The molecule has 0 bridgehead atoms. The minimum Gasteiger partial charge on any atom is -0.268 e. The van der Waals surface area contributed by atoms with Gasteiger partial charge in [-0.1, -0.05) is 0 Å². The maximum atomic E-state index is 11.3. The van der Waals surface area contributed by atoms with Crippen molar-refractivity contribution in [2.75, 3.05) is 11.5 Å². The second-order valence-corrected chi connectivity index (χ2v) is 6.81. The van der Waals surface area contributed by atoms with Gasteiger partial charge in [-0.15, -0.1) is 11.6 Å². The average molecular weight is 249 g/mol. The summed E-state index contributed by atoms with van der Waals surface area (Å²) < 4.78 is 24.3. The summed E-state index contributed by atoms with van der Waals surface area (Å²) in [6.45, 7) is 1.87. The van der Waals surface area contributed by atoms with Crippen LogP contribution in [-0.4, -0.2) is 29.7 Å². The van der Waals surface area contributed by atoms with Gasteiger partial charge in [-0.25, -0.2) is 8.42 Å². The molecule has 1 fully saturated rings. The molecule has 2 atom stereocenters. The van der Waals surface area contributed by atoms with E-state index in [0.29, 0.717) is 6.42 Å². The zero-order chi connectivity index (χ0) is 11.1. The molecule has 0 spiro atoms. The third kappa shape index (κ3) is 2.34. The van der Waals surface area contributed by atoms with Crippen LogP contribution >= 0.6 is 11.6 Å². The number of halogens is 1. The fraction of sp³-hybridized carbons (Fsp3) is 0.667. The maximum absolute atomic E-state index is 11.3. The zero-order valence-electron chi connectivity index (χ0n) is 8.43. The highest BCUT2D eigenvalue weighted by Gasteiger charge is 2.29. The van der Waals surface area contributed by atoms with E-state index >= 15 is 0 Å². The van der Waals surface area contributed by atoms with Crippen LogP contribution in [-0.2, 0) is 9.84 Å². The van der Waals surface area contributed by atoms with Crippen molar-refractivity contribution < 1.29 is 8.42 Å². The first-order chi connectivity index (χ1) is 6.98. The van der Waals surface area contributed by atoms with Crippen LogP contribution in [0.3, 0.4) is 0 Å². The highest BCUT2D eigenvalue weighted by molar-refractivity contribution is 7.91. The van der Waals surface area contributed by atoms with Crippen LogP contribution in [0.4, 0.5) is 0 Å². The Bertz CT molecular complexity index is 452. The van der Waals surface area contributed by atoms with Gasteiger partial charge in [-0.2, -0.15) is 5.10 Å². The van der Waals surface area contributed by atoms with Crippen LogP contribution in [0.5, 0.6) is 0 Å². The van der Waals surface area contributed by atoms with E-state index in [9.17, 15) is 8.42 Å². The van der Waals surface area contributed by atoms with Crippen LogP contribution < -0.4 is 0 Å². The lowest BCUT2D eigenvalue weighted by molar-refractivity contribution is 0.499. The lowest BCUT2D eigenvalue weighted by Crippen LogP contribution is -2.11. The van der Waals surface area contributed by atoms with Gasteiger partial charge in [-0.05, 0) is 13.3 Å². The summed E-state index contributed by atoms with van der Waals surface area (Å²) in [5.41, 5.74) is 0.931. The summed E-state index contributed by atoms with van der Waals surface area (Å²) >= 11 is 5.91. The Morgan fingerprint density at radius 3 is 2.87 bits per heavy atom. The minimum atomic E-state index is -2.85. The van der Waals surface area contributed by atoms with Crippen LogP contribution in [0, 0.1) is 0 Å². The number of hydrogen-bond acceptors (Lipinski definition) is 3. The smallest absolute Gasteiger partial charge is 0.152 e. The Kier molecular flexibility index (Phi) is 2.77. The van der Waals surface area contributed by atoms with Crippen LogP contribution in [0.2, 0.25) is 0 Å². The zero-order valence-corrected chi connectivity index (χ0v) is 10.0. The molecule has 1 aliphatic rings. The molecule has 2 rings (SSSR count). The minimum absolute atomic E-state index is 0.0147. The second-order valence-electron chi connectivity index (χ2n) is 3.93. The predicted octanol–water partition coefficient (Wildman–Crippen LogP) is 1.54. The standard InChI is InChI=1S/C9H13ClN2O2S/c1-7(10)8-4-11-12(5-8)9-2-3-15(13,14)6-9/h4-5,7,9H,2-3,6H2,1H3. The Hall–Kier alpha value is -0.550.